The molecule has 82 valence electrons. The number of oxime groups is 1. The Balaban J connectivity index is 2.26. The SMILES string of the molecule is NC(CCCOc1cncc(Cl)c1)=NO. The zero-order valence-electron chi connectivity index (χ0n) is 8.06. The van der Waals surface area contributed by atoms with Crippen molar-refractivity contribution in [1.82, 2.24) is 4.98 Å². The monoisotopic (exact) mass is 229 g/mol. The molecule has 1 aromatic rings. The van der Waals surface area contributed by atoms with Crippen molar-refractivity contribution in [3.05, 3.63) is 23.5 Å². The third-order valence-electron chi connectivity index (χ3n) is 1.65. The van der Waals surface area contributed by atoms with Crippen LogP contribution in [0.2, 0.25) is 5.02 Å². The lowest BCUT2D eigenvalue weighted by Crippen LogP contribution is -2.12. The molecule has 0 aliphatic heterocycles. The number of hydrogen-bond acceptors (Lipinski definition) is 4. The second kappa shape index (κ2) is 6.08. The summed E-state index contributed by atoms with van der Waals surface area (Å²) in [5.74, 6) is 0.810. The summed E-state index contributed by atoms with van der Waals surface area (Å²) in [4.78, 5) is 3.87. The maximum Gasteiger partial charge on any atom is 0.139 e. The van der Waals surface area contributed by atoms with Crippen LogP contribution in [0.25, 0.3) is 0 Å². The van der Waals surface area contributed by atoms with Gasteiger partial charge < -0.3 is 15.7 Å². The zero-order chi connectivity index (χ0) is 11.1. The average Bonchev–Trinajstić information content (AvgIpc) is 2.24. The van der Waals surface area contributed by atoms with Crippen molar-refractivity contribution in [1.29, 1.82) is 0 Å². The van der Waals surface area contributed by atoms with Crippen LogP contribution in [0.5, 0.6) is 5.75 Å². The molecule has 0 aliphatic rings. The summed E-state index contributed by atoms with van der Waals surface area (Å²) in [6.07, 6.45) is 4.27. The molecular weight excluding hydrogens is 218 g/mol. The van der Waals surface area contributed by atoms with Crippen LogP contribution in [0, 0.1) is 0 Å². The Morgan fingerprint density at radius 2 is 2.40 bits per heavy atom. The second-order valence-electron chi connectivity index (χ2n) is 2.88. The lowest BCUT2D eigenvalue weighted by Gasteiger charge is -2.04. The molecule has 0 aromatic carbocycles. The van der Waals surface area contributed by atoms with Crippen LogP contribution in [-0.4, -0.2) is 22.6 Å². The summed E-state index contributed by atoms with van der Waals surface area (Å²) in [6, 6.07) is 1.68. The molecule has 1 heterocycles. The van der Waals surface area contributed by atoms with Crippen LogP contribution in [0.4, 0.5) is 0 Å². The molecule has 0 spiro atoms. The van der Waals surface area contributed by atoms with E-state index in [0.29, 0.717) is 30.2 Å². The van der Waals surface area contributed by atoms with E-state index in [1.54, 1.807) is 12.3 Å². The fourth-order valence-electron chi connectivity index (χ4n) is 0.965. The molecule has 3 N–H and O–H groups in total. The Morgan fingerprint density at radius 3 is 3.07 bits per heavy atom. The highest BCUT2D eigenvalue weighted by atomic mass is 35.5. The molecule has 0 fully saturated rings. The van der Waals surface area contributed by atoms with Crippen LogP contribution >= 0.6 is 11.6 Å². The van der Waals surface area contributed by atoms with E-state index in [0.717, 1.165) is 0 Å². The standard InChI is InChI=1S/C9H12ClN3O2/c10-7-4-8(6-12-5-7)15-3-1-2-9(11)13-14/h4-6,14H,1-3H2,(H2,11,13). The van der Waals surface area contributed by atoms with Gasteiger partial charge in [0.1, 0.15) is 11.6 Å². The second-order valence-corrected chi connectivity index (χ2v) is 3.32. The lowest BCUT2D eigenvalue weighted by molar-refractivity contribution is 0.304. The molecule has 0 bridgehead atoms. The topological polar surface area (TPSA) is 80.7 Å². The number of hydrogen-bond donors (Lipinski definition) is 2. The number of halogens is 1. The van der Waals surface area contributed by atoms with Crippen molar-refractivity contribution >= 4 is 17.4 Å². The van der Waals surface area contributed by atoms with E-state index in [1.165, 1.54) is 6.20 Å². The summed E-state index contributed by atoms with van der Waals surface area (Å²) >= 11 is 5.72. The van der Waals surface area contributed by atoms with Crippen LogP contribution in [0.3, 0.4) is 0 Å². The van der Waals surface area contributed by atoms with Crippen LogP contribution in [-0.2, 0) is 0 Å². The molecule has 0 atom stereocenters. The Morgan fingerprint density at radius 1 is 1.60 bits per heavy atom. The smallest absolute Gasteiger partial charge is 0.139 e. The summed E-state index contributed by atoms with van der Waals surface area (Å²) in [6.45, 7) is 0.470. The van der Waals surface area contributed by atoms with Crippen LogP contribution in [0.15, 0.2) is 23.6 Å². The molecule has 1 rings (SSSR count). The number of nitrogens with two attached hydrogens (primary N) is 1. The quantitative estimate of drug-likeness (QED) is 0.264. The Kier molecular flexibility index (Phi) is 4.70. The fraction of sp³-hybridized carbons (Fsp3) is 0.333. The number of nitrogens with zero attached hydrogens (tertiary/aromatic N) is 2. The van der Waals surface area contributed by atoms with Gasteiger partial charge in [-0.3, -0.25) is 4.98 Å². The van der Waals surface area contributed by atoms with Gasteiger partial charge >= 0.3 is 0 Å². The van der Waals surface area contributed by atoms with E-state index < -0.39 is 0 Å². The molecule has 0 saturated heterocycles. The normalized spacial score (nSPS) is 11.4. The molecule has 6 heteroatoms. The van der Waals surface area contributed by atoms with Gasteiger partial charge in [-0.15, -0.1) is 0 Å². The van der Waals surface area contributed by atoms with Crippen LogP contribution < -0.4 is 10.5 Å². The largest absolute Gasteiger partial charge is 0.492 e. The molecule has 0 unspecified atom stereocenters. The van der Waals surface area contributed by atoms with Crippen LogP contribution in [0.1, 0.15) is 12.8 Å². The predicted molar refractivity (Wildman–Crippen MR) is 57.4 cm³/mol. The number of aromatic nitrogens is 1. The van der Waals surface area contributed by atoms with Crippen molar-refractivity contribution < 1.29 is 9.94 Å². The van der Waals surface area contributed by atoms with Crippen molar-refractivity contribution in [3.8, 4) is 5.75 Å². The first kappa shape index (κ1) is 11.6. The van der Waals surface area contributed by atoms with Crippen molar-refractivity contribution in [3.63, 3.8) is 0 Å². The maximum atomic E-state index is 8.28. The maximum absolute atomic E-state index is 8.28. The highest BCUT2D eigenvalue weighted by molar-refractivity contribution is 6.30. The Bertz CT molecular complexity index is 344. The summed E-state index contributed by atoms with van der Waals surface area (Å²) in [5, 5.41) is 11.7. The van der Waals surface area contributed by atoms with Gasteiger partial charge in [0.25, 0.3) is 0 Å². The third kappa shape index (κ3) is 4.51. The fourth-order valence-corrected chi connectivity index (χ4v) is 1.13. The highest BCUT2D eigenvalue weighted by Crippen LogP contribution is 2.15. The molecule has 15 heavy (non-hydrogen) atoms. The first-order valence-corrected chi connectivity index (χ1v) is 4.80. The lowest BCUT2D eigenvalue weighted by atomic mass is 10.3. The first-order valence-electron chi connectivity index (χ1n) is 4.42. The molecule has 5 nitrogen and oxygen atoms in total. The molecule has 0 amide bonds. The van der Waals surface area contributed by atoms with Gasteiger partial charge in [-0.1, -0.05) is 16.8 Å². The van der Waals surface area contributed by atoms with Gasteiger partial charge in [-0.05, 0) is 6.42 Å². The molecule has 0 aliphatic carbocycles. The summed E-state index contributed by atoms with van der Waals surface area (Å²) in [7, 11) is 0. The van der Waals surface area contributed by atoms with Gasteiger partial charge in [0.2, 0.25) is 0 Å². The molecular formula is C9H12ClN3O2. The van der Waals surface area contributed by atoms with E-state index in [1.807, 2.05) is 0 Å². The van der Waals surface area contributed by atoms with E-state index in [2.05, 4.69) is 10.1 Å². The Hall–Kier alpha value is -1.49. The predicted octanol–water partition coefficient (Wildman–Crippen LogP) is 1.64. The minimum Gasteiger partial charge on any atom is -0.492 e. The number of pyridine rings is 1. The van der Waals surface area contributed by atoms with Gasteiger partial charge in [0, 0.05) is 18.7 Å². The zero-order valence-corrected chi connectivity index (χ0v) is 8.81. The Labute approximate surface area is 92.5 Å². The van der Waals surface area contributed by atoms with Gasteiger partial charge in [-0.2, -0.15) is 0 Å². The van der Waals surface area contributed by atoms with Crippen molar-refractivity contribution in [2.75, 3.05) is 6.61 Å². The molecule has 0 saturated carbocycles. The molecule has 0 radical (unpaired) electrons. The number of ether oxygens (including phenoxy) is 1. The van der Waals surface area contributed by atoms with Gasteiger partial charge in [0.05, 0.1) is 17.8 Å². The van der Waals surface area contributed by atoms with E-state index in [9.17, 15) is 0 Å². The number of amidine groups is 1. The minimum absolute atomic E-state index is 0.197. The van der Waals surface area contributed by atoms with Gasteiger partial charge in [-0.25, -0.2) is 0 Å². The summed E-state index contributed by atoms with van der Waals surface area (Å²) in [5.41, 5.74) is 5.29. The number of rotatable bonds is 5. The summed E-state index contributed by atoms with van der Waals surface area (Å²) < 4.78 is 5.34. The van der Waals surface area contributed by atoms with E-state index in [4.69, 9.17) is 27.3 Å². The third-order valence-corrected chi connectivity index (χ3v) is 1.86. The molecule has 1 aromatic heterocycles. The average molecular weight is 230 g/mol. The minimum atomic E-state index is 0.197. The first-order chi connectivity index (χ1) is 7.22. The van der Waals surface area contributed by atoms with Crippen molar-refractivity contribution in [2.24, 2.45) is 10.9 Å². The van der Waals surface area contributed by atoms with Gasteiger partial charge in [0.15, 0.2) is 0 Å². The van der Waals surface area contributed by atoms with E-state index in [-0.39, 0.29) is 5.84 Å². The highest BCUT2D eigenvalue weighted by Gasteiger charge is 1.97. The van der Waals surface area contributed by atoms with Crippen molar-refractivity contribution in [2.45, 2.75) is 12.8 Å². The van der Waals surface area contributed by atoms with E-state index >= 15 is 0 Å².